The molecule has 0 amide bonds. The number of carboxylic acids is 1. The number of carboxylic acid groups (broad SMARTS) is 1. The molecule has 96 valence electrons. The number of oxime groups is 1. The van der Waals surface area contributed by atoms with Crippen molar-refractivity contribution in [3.05, 3.63) is 28.8 Å². The standard InChI is InChI=1S/C13H15NO3S/c1-3-17-14-11-6-7-18-12-8(2)9(13(15)16)4-5-10(11)12/h4-5H,3,6-7H2,1-2H3,(H,15,16)/b14-11+. The fourth-order valence-corrected chi connectivity index (χ4v) is 3.13. The molecule has 0 aliphatic carbocycles. The van der Waals surface area contributed by atoms with Crippen molar-refractivity contribution >= 4 is 23.4 Å². The van der Waals surface area contributed by atoms with E-state index in [1.165, 1.54) is 0 Å². The SMILES string of the molecule is CCO/N=C1\CCSc2c1ccc(C(=O)O)c2C. The van der Waals surface area contributed by atoms with E-state index in [0.29, 0.717) is 12.2 Å². The van der Waals surface area contributed by atoms with Crippen LogP contribution in [0, 0.1) is 6.92 Å². The van der Waals surface area contributed by atoms with Crippen LogP contribution in [0.5, 0.6) is 0 Å². The number of hydrogen-bond acceptors (Lipinski definition) is 4. The fourth-order valence-electron chi connectivity index (χ4n) is 1.96. The smallest absolute Gasteiger partial charge is 0.335 e. The minimum atomic E-state index is -0.884. The molecule has 5 heteroatoms. The zero-order valence-corrected chi connectivity index (χ0v) is 11.2. The van der Waals surface area contributed by atoms with Crippen LogP contribution in [-0.4, -0.2) is 29.1 Å². The highest BCUT2D eigenvalue weighted by Crippen LogP contribution is 2.34. The second kappa shape index (κ2) is 5.44. The average Bonchev–Trinajstić information content (AvgIpc) is 2.36. The zero-order valence-electron chi connectivity index (χ0n) is 10.4. The van der Waals surface area contributed by atoms with Crippen molar-refractivity contribution in [2.45, 2.75) is 25.2 Å². The molecule has 1 aromatic rings. The molecule has 0 atom stereocenters. The molecule has 0 bridgehead atoms. The van der Waals surface area contributed by atoms with E-state index < -0.39 is 5.97 Å². The third-order valence-corrected chi connectivity index (χ3v) is 4.06. The summed E-state index contributed by atoms with van der Waals surface area (Å²) in [4.78, 5) is 17.2. The van der Waals surface area contributed by atoms with Crippen LogP contribution in [0.3, 0.4) is 0 Å². The van der Waals surface area contributed by atoms with Gasteiger partial charge in [0.1, 0.15) is 6.61 Å². The molecule has 1 aliphatic heterocycles. The Labute approximate surface area is 110 Å². The van der Waals surface area contributed by atoms with Gasteiger partial charge in [0.2, 0.25) is 0 Å². The van der Waals surface area contributed by atoms with Gasteiger partial charge >= 0.3 is 5.97 Å². The van der Waals surface area contributed by atoms with Crippen molar-refractivity contribution in [2.75, 3.05) is 12.4 Å². The van der Waals surface area contributed by atoms with Crippen molar-refractivity contribution in [1.29, 1.82) is 0 Å². The number of rotatable bonds is 3. The Morgan fingerprint density at radius 2 is 2.33 bits per heavy atom. The van der Waals surface area contributed by atoms with E-state index in [2.05, 4.69) is 5.16 Å². The maximum atomic E-state index is 11.1. The van der Waals surface area contributed by atoms with Gasteiger partial charge in [0.05, 0.1) is 11.3 Å². The number of hydrogen-bond donors (Lipinski definition) is 1. The molecule has 0 radical (unpaired) electrons. The minimum absolute atomic E-state index is 0.360. The summed E-state index contributed by atoms with van der Waals surface area (Å²) in [6, 6.07) is 3.47. The molecule has 1 aromatic carbocycles. The topological polar surface area (TPSA) is 58.9 Å². The molecule has 0 unspecified atom stereocenters. The molecular weight excluding hydrogens is 250 g/mol. The summed E-state index contributed by atoms with van der Waals surface area (Å²) >= 11 is 1.68. The Morgan fingerprint density at radius 1 is 1.56 bits per heavy atom. The lowest BCUT2D eigenvalue weighted by Crippen LogP contribution is -2.13. The minimum Gasteiger partial charge on any atom is -0.478 e. The van der Waals surface area contributed by atoms with Crippen LogP contribution >= 0.6 is 11.8 Å². The summed E-state index contributed by atoms with van der Waals surface area (Å²) in [7, 11) is 0. The summed E-state index contributed by atoms with van der Waals surface area (Å²) in [5.41, 5.74) is 3.08. The van der Waals surface area contributed by atoms with Crippen LogP contribution in [0.4, 0.5) is 0 Å². The molecule has 2 rings (SSSR count). The summed E-state index contributed by atoms with van der Waals surface area (Å²) in [6.45, 7) is 4.28. The second-order valence-electron chi connectivity index (χ2n) is 3.97. The van der Waals surface area contributed by atoms with E-state index in [1.807, 2.05) is 19.9 Å². The Bertz CT molecular complexity index is 511. The first-order valence-electron chi connectivity index (χ1n) is 5.84. The van der Waals surface area contributed by atoms with Gasteiger partial charge in [0, 0.05) is 22.6 Å². The van der Waals surface area contributed by atoms with Crippen molar-refractivity contribution < 1.29 is 14.7 Å². The van der Waals surface area contributed by atoms with E-state index in [-0.39, 0.29) is 0 Å². The van der Waals surface area contributed by atoms with E-state index in [1.54, 1.807) is 17.8 Å². The van der Waals surface area contributed by atoms with Crippen molar-refractivity contribution in [1.82, 2.24) is 0 Å². The van der Waals surface area contributed by atoms with Gasteiger partial charge < -0.3 is 9.94 Å². The highest BCUT2D eigenvalue weighted by molar-refractivity contribution is 7.99. The first kappa shape index (κ1) is 13.0. The molecule has 0 spiro atoms. The third-order valence-electron chi connectivity index (χ3n) is 2.84. The van der Waals surface area contributed by atoms with Crippen LogP contribution in [-0.2, 0) is 4.84 Å². The number of thioether (sulfide) groups is 1. The van der Waals surface area contributed by atoms with Crippen LogP contribution in [0.15, 0.2) is 22.2 Å². The molecule has 0 fully saturated rings. The van der Waals surface area contributed by atoms with Gasteiger partial charge in [-0.1, -0.05) is 11.2 Å². The van der Waals surface area contributed by atoms with E-state index in [0.717, 1.165) is 33.9 Å². The first-order valence-corrected chi connectivity index (χ1v) is 6.82. The summed E-state index contributed by atoms with van der Waals surface area (Å²) in [6.07, 6.45) is 0.851. The molecule has 18 heavy (non-hydrogen) atoms. The van der Waals surface area contributed by atoms with Crippen molar-refractivity contribution in [3.63, 3.8) is 0 Å². The number of nitrogens with zero attached hydrogens (tertiary/aromatic N) is 1. The Morgan fingerprint density at radius 3 is 3.00 bits per heavy atom. The molecule has 1 heterocycles. The van der Waals surface area contributed by atoms with Gasteiger partial charge in [-0.2, -0.15) is 0 Å². The first-order chi connectivity index (χ1) is 8.65. The molecule has 0 saturated heterocycles. The van der Waals surface area contributed by atoms with Crippen LogP contribution < -0.4 is 0 Å². The van der Waals surface area contributed by atoms with Crippen molar-refractivity contribution in [2.24, 2.45) is 5.16 Å². The third kappa shape index (κ3) is 2.36. The van der Waals surface area contributed by atoms with Gasteiger partial charge in [-0.15, -0.1) is 11.8 Å². The second-order valence-corrected chi connectivity index (χ2v) is 5.08. The van der Waals surface area contributed by atoms with E-state index in [4.69, 9.17) is 9.94 Å². The van der Waals surface area contributed by atoms with Gasteiger partial charge in [-0.05, 0) is 25.5 Å². The summed E-state index contributed by atoms with van der Waals surface area (Å²) in [5, 5.41) is 13.2. The molecular formula is C13H15NO3S. The fraction of sp³-hybridized carbons (Fsp3) is 0.385. The molecule has 0 saturated carbocycles. The quantitative estimate of drug-likeness (QED) is 0.854. The van der Waals surface area contributed by atoms with Gasteiger partial charge in [-0.3, -0.25) is 0 Å². The number of fused-ring (bicyclic) bond motifs is 1. The summed E-state index contributed by atoms with van der Waals surface area (Å²) in [5.74, 6) is 0.0211. The van der Waals surface area contributed by atoms with Crippen LogP contribution in [0.25, 0.3) is 0 Å². The molecule has 0 aromatic heterocycles. The summed E-state index contributed by atoms with van der Waals surface area (Å²) < 4.78 is 0. The molecule has 1 N–H and O–H groups in total. The Kier molecular flexibility index (Phi) is 3.91. The number of aromatic carboxylic acids is 1. The maximum Gasteiger partial charge on any atom is 0.335 e. The molecule has 1 aliphatic rings. The monoisotopic (exact) mass is 265 g/mol. The predicted octanol–water partition coefficient (Wildman–Crippen LogP) is 2.93. The van der Waals surface area contributed by atoms with E-state index in [9.17, 15) is 4.79 Å². The zero-order chi connectivity index (χ0) is 13.1. The normalized spacial score (nSPS) is 16.4. The van der Waals surface area contributed by atoms with Crippen LogP contribution in [0.1, 0.15) is 34.8 Å². The Hall–Kier alpha value is -1.49. The number of benzene rings is 1. The predicted molar refractivity (Wildman–Crippen MR) is 71.6 cm³/mol. The largest absolute Gasteiger partial charge is 0.478 e. The molecule has 4 nitrogen and oxygen atoms in total. The van der Waals surface area contributed by atoms with Crippen molar-refractivity contribution in [3.8, 4) is 0 Å². The maximum absolute atomic E-state index is 11.1. The van der Waals surface area contributed by atoms with Gasteiger partial charge in [-0.25, -0.2) is 4.79 Å². The average molecular weight is 265 g/mol. The van der Waals surface area contributed by atoms with E-state index >= 15 is 0 Å². The van der Waals surface area contributed by atoms with Gasteiger partial charge in [0.15, 0.2) is 0 Å². The van der Waals surface area contributed by atoms with Crippen LogP contribution in [0.2, 0.25) is 0 Å². The highest BCUT2D eigenvalue weighted by Gasteiger charge is 2.21. The van der Waals surface area contributed by atoms with Gasteiger partial charge in [0.25, 0.3) is 0 Å². The Balaban J connectivity index is 2.48. The lowest BCUT2D eigenvalue weighted by atomic mass is 10.0. The highest BCUT2D eigenvalue weighted by atomic mass is 32.2. The lowest BCUT2D eigenvalue weighted by Gasteiger charge is -2.20. The number of carbonyl (C=O) groups is 1. The lowest BCUT2D eigenvalue weighted by molar-refractivity contribution is 0.0696.